The summed E-state index contributed by atoms with van der Waals surface area (Å²) < 4.78 is 0. The molecule has 0 saturated carbocycles. The van der Waals surface area contributed by atoms with E-state index in [2.05, 4.69) is 42.4 Å². The Bertz CT molecular complexity index is 1010. The number of carbonyl (C=O) groups is 1. The van der Waals surface area contributed by atoms with Crippen LogP contribution in [-0.4, -0.2) is 65.5 Å². The second-order valence-electron chi connectivity index (χ2n) is 6.95. The van der Waals surface area contributed by atoms with Gasteiger partial charge in [-0.05, 0) is 25.2 Å². The molecule has 3 heterocycles. The number of rotatable bonds is 5. The number of fused-ring (bicyclic) bond motifs is 1. The normalized spacial score (nSPS) is 14.8. The van der Waals surface area contributed by atoms with E-state index in [0.29, 0.717) is 22.4 Å². The molecule has 0 aliphatic carbocycles. The van der Waals surface area contributed by atoms with E-state index < -0.39 is 0 Å². The zero-order valence-corrected chi connectivity index (χ0v) is 16.9. The molecule has 2 aromatic heterocycles. The van der Waals surface area contributed by atoms with Crippen LogP contribution in [0, 0.1) is 0 Å². The van der Waals surface area contributed by atoms with Crippen molar-refractivity contribution in [3.8, 4) is 0 Å². The lowest BCUT2D eigenvalue weighted by atomic mass is 10.2. The second-order valence-corrected chi connectivity index (χ2v) is 7.34. The van der Waals surface area contributed by atoms with Crippen molar-refractivity contribution in [1.29, 1.82) is 0 Å². The molecule has 29 heavy (non-hydrogen) atoms. The fourth-order valence-corrected chi connectivity index (χ4v) is 3.33. The fourth-order valence-electron chi connectivity index (χ4n) is 3.17. The molecule has 8 nitrogen and oxygen atoms in total. The molecule has 2 N–H and O–H groups in total. The average molecular weight is 412 g/mol. The highest BCUT2D eigenvalue weighted by Gasteiger charge is 2.19. The minimum atomic E-state index is -0.163. The summed E-state index contributed by atoms with van der Waals surface area (Å²) in [5.74, 6) is 1.03. The average Bonchev–Trinajstić information content (AvgIpc) is 2.73. The first-order chi connectivity index (χ1) is 14.1. The Labute approximate surface area is 173 Å². The lowest BCUT2D eigenvalue weighted by molar-refractivity contribution is -0.114. The zero-order chi connectivity index (χ0) is 20.2. The number of likely N-dealkylation sites (N-methyl/N-ethyl adjacent to an activating group) is 1. The molecular formula is C20H22ClN7O. The first-order valence-corrected chi connectivity index (χ1v) is 9.82. The van der Waals surface area contributed by atoms with Crippen molar-refractivity contribution in [3.63, 3.8) is 0 Å². The number of anilines is 3. The molecule has 0 radical (unpaired) electrons. The van der Waals surface area contributed by atoms with E-state index >= 15 is 0 Å². The van der Waals surface area contributed by atoms with E-state index in [-0.39, 0.29) is 12.5 Å². The van der Waals surface area contributed by atoms with Gasteiger partial charge in [0, 0.05) is 37.3 Å². The lowest BCUT2D eigenvalue weighted by Crippen LogP contribution is -2.45. The number of hydrogen-bond acceptors (Lipinski definition) is 7. The number of benzene rings is 1. The predicted molar refractivity (Wildman–Crippen MR) is 116 cm³/mol. The number of nitrogens with one attached hydrogen (secondary N) is 2. The van der Waals surface area contributed by atoms with Crippen molar-refractivity contribution < 1.29 is 4.79 Å². The van der Waals surface area contributed by atoms with Crippen molar-refractivity contribution in [2.75, 3.05) is 55.3 Å². The van der Waals surface area contributed by atoms with Gasteiger partial charge in [-0.2, -0.15) is 4.98 Å². The van der Waals surface area contributed by atoms with Crippen LogP contribution in [-0.2, 0) is 4.79 Å². The van der Waals surface area contributed by atoms with Crippen LogP contribution in [0.2, 0.25) is 5.15 Å². The first-order valence-electron chi connectivity index (χ1n) is 9.44. The SMILES string of the molecule is CN1CCN(c2nc(NCC(=O)Nc3ccccc3)c3cc(Cl)ncc3n2)CC1. The van der Waals surface area contributed by atoms with Crippen LogP contribution in [0.3, 0.4) is 0 Å². The molecule has 0 unspecified atom stereocenters. The summed E-state index contributed by atoms with van der Waals surface area (Å²) in [7, 11) is 2.10. The van der Waals surface area contributed by atoms with Gasteiger partial charge < -0.3 is 20.4 Å². The molecular weight excluding hydrogens is 390 g/mol. The Morgan fingerprint density at radius 3 is 2.66 bits per heavy atom. The summed E-state index contributed by atoms with van der Waals surface area (Å²) in [5, 5.41) is 7.08. The molecule has 4 rings (SSSR count). The van der Waals surface area contributed by atoms with E-state index in [0.717, 1.165) is 37.3 Å². The van der Waals surface area contributed by atoms with Gasteiger partial charge in [-0.25, -0.2) is 9.97 Å². The number of piperazine rings is 1. The Morgan fingerprint density at radius 1 is 1.14 bits per heavy atom. The van der Waals surface area contributed by atoms with Gasteiger partial charge in [-0.1, -0.05) is 29.8 Å². The van der Waals surface area contributed by atoms with Crippen molar-refractivity contribution in [2.45, 2.75) is 0 Å². The van der Waals surface area contributed by atoms with Gasteiger partial charge in [-0.3, -0.25) is 4.79 Å². The van der Waals surface area contributed by atoms with E-state index in [1.807, 2.05) is 30.3 Å². The minimum Gasteiger partial charge on any atom is -0.360 e. The van der Waals surface area contributed by atoms with Gasteiger partial charge in [0.05, 0.1) is 18.3 Å². The van der Waals surface area contributed by atoms with Gasteiger partial charge in [0.2, 0.25) is 11.9 Å². The molecule has 1 aromatic carbocycles. The highest BCUT2D eigenvalue weighted by molar-refractivity contribution is 6.30. The fraction of sp³-hybridized carbons (Fsp3) is 0.300. The van der Waals surface area contributed by atoms with Crippen molar-refractivity contribution in [2.24, 2.45) is 0 Å². The van der Waals surface area contributed by atoms with E-state index in [1.165, 1.54) is 0 Å². The highest BCUT2D eigenvalue weighted by Crippen LogP contribution is 2.25. The Morgan fingerprint density at radius 2 is 1.90 bits per heavy atom. The minimum absolute atomic E-state index is 0.0725. The van der Waals surface area contributed by atoms with Crippen LogP contribution < -0.4 is 15.5 Å². The predicted octanol–water partition coefficient (Wildman–Crippen LogP) is 2.48. The molecule has 0 bridgehead atoms. The summed E-state index contributed by atoms with van der Waals surface area (Å²) in [6, 6.07) is 11.0. The van der Waals surface area contributed by atoms with Gasteiger partial charge in [-0.15, -0.1) is 0 Å². The molecule has 3 aromatic rings. The van der Waals surface area contributed by atoms with E-state index in [1.54, 1.807) is 12.3 Å². The monoisotopic (exact) mass is 411 g/mol. The Kier molecular flexibility index (Phi) is 5.73. The van der Waals surface area contributed by atoms with Gasteiger partial charge in [0.25, 0.3) is 0 Å². The molecule has 1 fully saturated rings. The molecule has 9 heteroatoms. The van der Waals surface area contributed by atoms with Crippen LogP contribution in [0.15, 0.2) is 42.6 Å². The summed E-state index contributed by atoms with van der Waals surface area (Å²) in [6.45, 7) is 3.65. The maximum absolute atomic E-state index is 12.3. The molecule has 1 aliphatic heterocycles. The summed E-state index contributed by atoms with van der Waals surface area (Å²) in [4.78, 5) is 30.2. The number of aromatic nitrogens is 3. The molecule has 1 amide bonds. The lowest BCUT2D eigenvalue weighted by Gasteiger charge is -2.32. The van der Waals surface area contributed by atoms with E-state index in [9.17, 15) is 4.79 Å². The number of amides is 1. The number of halogens is 1. The number of nitrogens with zero attached hydrogens (tertiary/aromatic N) is 5. The van der Waals surface area contributed by atoms with E-state index in [4.69, 9.17) is 11.6 Å². The molecule has 1 saturated heterocycles. The molecule has 150 valence electrons. The number of carbonyl (C=O) groups excluding carboxylic acids is 1. The van der Waals surface area contributed by atoms with Gasteiger partial charge in [0.15, 0.2) is 0 Å². The molecule has 1 aliphatic rings. The summed E-state index contributed by atoms with van der Waals surface area (Å²) in [5.41, 5.74) is 1.43. The number of pyridine rings is 1. The van der Waals surface area contributed by atoms with Crippen molar-refractivity contribution in [1.82, 2.24) is 19.9 Å². The summed E-state index contributed by atoms with van der Waals surface area (Å²) >= 11 is 6.08. The third-order valence-corrected chi connectivity index (χ3v) is 5.00. The highest BCUT2D eigenvalue weighted by atomic mass is 35.5. The first kappa shape index (κ1) is 19.4. The van der Waals surface area contributed by atoms with Gasteiger partial charge in [0.1, 0.15) is 11.0 Å². The van der Waals surface area contributed by atoms with Crippen molar-refractivity contribution >= 4 is 45.9 Å². The van der Waals surface area contributed by atoms with Crippen LogP contribution in [0.1, 0.15) is 0 Å². The zero-order valence-electron chi connectivity index (χ0n) is 16.1. The topological polar surface area (TPSA) is 86.3 Å². The molecule has 0 atom stereocenters. The van der Waals surface area contributed by atoms with Crippen LogP contribution in [0.5, 0.6) is 0 Å². The number of para-hydroxylation sites is 1. The standard InChI is InChI=1S/C20H22ClN7O/c1-27-7-9-28(10-8-27)20-25-16-12-22-17(21)11-15(16)19(26-20)23-13-18(29)24-14-5-3-2-4-6-14/h2-6,11-12H,7-10,13H2,1H3,(H,24,29)(H,23,25,26). The third-order valence-electron chi connectivity index (χ3n) is 4.80. The largest absolute Gasteiger partial charge is 0.360 e. The molecule has 0 spiro atoms. The van der Waals surface area contributed by atoms with Crippen molar-refractivity contribution in [3.05, 3.63) is 47.7 Å². The smallest absolute Gasteiger partial charge is 0.243 e. The summed E-state index contributed by atoms with van der Waals surface area (Å²) in [6.07, 6.45) is 1.63. The quantitative estimate of drug-likeness (QED) is 0.624. The van der Waals surface area contributed by atoms with Crippen LogP contribution in [0.4, 0.5) is 17.5 Å². The second kappa shape index (κ2) is 8.59. The third kappa shape index (κ3) is 4.72. The Balaban J connectivity index is 1.56. The number of hydrogen-bond donors (Lipinski definition) is 2. The van der Waals surface area contributed by atoms with Crippen LogP contribution >= 0.6 is 11.6 Å². The van der Waals surface area contributed by atoms with Crippen LogP contribution in [0.25, 0.3) is 10.9 Å². The van der Waals surface area contributed by atoms with Gasteiger partial charge >= 0.3 is 0 Å². The maximum atomic E-state index is 12.3. The maximum Gasteiger partial charge on any atom is 0.243 e. The Hall–Kier alpha value is -2.97.